The molecule has 4 nitrogen and oxygen atoms in total. The summed E-state index contributed by atoms with van der Waals surface area (Å²) in [6, 6.07) is 14.2. The molecule has 1 aromatic carbocycles. The van der Waals surface area contributed by atoms with Gasteiger partial charge in [0.05, 0.1) is 23.4 Å². The molecule has 0 radical (unpaired) electrons. The van der Waals surface area contributed by atoms with E-state index in [1.165, 1.54) is 4.70 Å². The standard InChI is InChI=1S/C16H17N3OS/c1-17-13(10-11-6-5-9-15(18-11)20-2)16-19-12-7-3-4-8-14(12)21-16/h3-9,13,17H,10H2,1-2H3. The first kappa shape index (κ1) is 14.0. The number of rotatable bonds is 5. The van der Waals surface area contributed by atoms with Crippen LogP contribution in [0.3, 0.4) is 0 Å². The van der Waals surface area contributed by atoms with Crippen LogP contribution in [0.1, 0.15) is 16.7 Å². The number of aromatic nitrogens is 2. The Morgan fingerprint density at radius 3 is 2.76 bits per heavy atom. The predicted octanol–water partition coefficient (Wildman–Crippen LogP) is 3.20. The van der Waals surface area contributed by atoms with Crippen LogP contribution >= 0.6 is 11.3 Å². The fourth-order valence-corrected chi connectivity index (χ4v) is 3.32. The second kappa shape index (κ2) is 6.20. The third-order valence-electron chi connectivity index (χ3n) is 3.36. The molecule has 1 atom stereocenters. The number of ether oxygens (including phenoxy) is 1. The minimum atomic E-state index is 0.155. The highest BCUT2D eigenvalue weighted by atomic mass is 32.1. The first-order chi connectivity index (χ1) is 10.3. The topological polar surface area (TPSA) is 47.0 Å². The molecular formula is C16H17N3OS. The highest BCUT2D eigenvalue weighted by molar-refractivity contribution is 7.18. The smallest absolute Gasteiger partial charge is 0.213 e. The Morgan fingerprint density at radius 1 is 1.14 bits per heavy atom. The Balaban J connectivity index is 1.87. The molecule has 0 amide bonds. The second-order valence-corrected chi connectivity index (χ2v) is 5.80. The average Bonchev–Trinajstić information content (AvgIpc) is 2.96. The van der Waals surface area contributed by atoms with Crippen LogP contribution < -0.4 is 10.1 Å². The van der Waals surface area contributed by atoms with Crippen molar-refractivity contribution in [3.05, 3.63) is 53.2 Å². The molecule has 21 heavy (non-hydrogen) atoms. The number of nitrogens with zero attached hydrogens (tertiary/aromatic N) is 2. The number of likely N-dealkylation sites (N-methyl/N-ethyl adjacent to an activating group) is 1. The van der Waals surface area contributed by atoms with Gasteiger partial charge in [0.15, 0.2) is 0 Å². The number of methoxy groups -OCH3 is 1. The van der Waals surface area contributed by atoms with Gasteiger partial charge in [0.1, 0.15) is 5.01 Å². The molecule has 108 valence electrons. The van der Waals surface area contributed by atoms with Crippen molar-refractivity contribution in [2.24, 2.45) is 0 Å². The molecule has 0 aliphatic carbocycles. The SMILES string of the molecule is CNC(Cc1cccc(OC)n1)c1nc2ccccc2s1. The lowest BCUT2D eigenvalue weighted by molar-refractivity contribution is 0.395. The number of pyridine rings is 1. The quantitative estimate of drug-likeness (QED) is 0.786. The van der Waals surface area contributed by atoms with Crippen molar-refractivity contribution in [3.63, 3.8) is 0 Å². The van der Waals surface area contributed by atoms with E-state index < -0.39 is 0 Å². The van der Waals surface area contributed by atoms with Gasteiger partial charge in [-0.05, 0) is 25.2 Å². The van der Waals surface area contributed by atoms with Gasteiger partial charge in [-0.15, -0.1) is 11.3 Å². The summed E-state index contributed by atoms with van der Waals surface area (Å²) in [6.07, 6.45) is 0.785. The van der Waals surface area contributed by atoms with Crippen molar-refractivity contribution in [3.8, 4) is 5.88 Å². The van der Waals surface area contributed by atoms with Gasteiger partial charge in [-0.1, -0.05) is 18.2 Å². The van der Waals surface area contributed by atoms with E-state index >= 15 is 0 Å². The van der Waals surface area contributed by atoms with Gasteiger partial charge in [-0.2, -0.15) is 0 Å². The number of benzene rings is 1. The maximum Gasteiger partial charge on any atom is 0.213 e. The summed E-state index contributed by atoms with van der Waals surface area (Å²) in [5, 5.41) is 4.42. The van der Waals surface area contributed by atoms with Crippen LogP contribution in [0.5, 0.6) is 5.88 Å². The number of nitrogens with one attached hydrogen (secondary N) is 1. The Morgan fingerprint density at radius 2 is 2.00 bits per heavy atom. The summed E-state index contributed by atoms with van der Waals surface area (Å²) in [5.41, 5.74) is 2.05. The van der Waals surface area contributed by atoms with E-state index in [4.69, 9.17) is 9.72 Å². The van der Waals surface area contributed by atoms with Crippen molar-refractivity contribution in [1.82, 2.24) is 15.3 Å². The zero-order chi connectivity index (χ0) is 14.7. The summed E-state index contributed by atoms with van der Waals surface area (Å²) in [6.45, 7) is 0. The van der Waals surface area contributed by atoms with Crippen LogP contribution in [-0.4, -0.2) is 24.1 Å². The van der Waals surface area contributed by atoms with Crippen LogP contribution in [0.25, 0.3) is 10.2 Å². The molecule has 0 spiro atoms. The second-order valence-electron chi connectivity index (χ2n) is 4.74. The fourth-order valence-electron chi connectivity index (χ4n) is 2.25. The maximum absolute atomic E-state index is 5.18. The van der Waals surface area contributed by atoms with Gasteiger partial charge < -0.3 is 10.1 Å². The lowest BCUT2D eigenvalue weighted by Gasteiger charge is -2.13. The molecule has 2 heterocycles. The van der Waals surface area contributed by atoms with Gasteiger partial charge >= 0.3 is 0 Å². The zero-order valence-corrected chi connectivity index (χ0v) is 12.9. The van der Waals surface area contributed by atoms with E-state index in [0.29, 0.717) is 5.88 Å². The Bertz CT molecular complexity index is 708. The molecule has 0 fully saturated rings. The summed E-state index contributed by atoms with van der Waals surface area (Å²) in [5.74, 6) is 0.645. The van der Waals surface area contributed by atoms with E-state index in [1.54, 1.807) is 18.4 Å². The molecular weight excluding hydrogens is 282 g/mol. The van der Waals surface area contributed by atoms with E-state index in [9.17, 15) is 0 Å². The molecule has 0 bridgehead atoms. The molecule has 1 N–H and O–H groups in total. The third kappa shape index (κ3) is 3.04. The molecule has 5 heteroatoms. The molecule has 3 rings (SSSR count). The molecule has 0 aliphatic rings. The average molecular weight is 299 g/mol. The largest absolute Gasteiger partial charge is 0.481 e. The first-order valence-corrected chi connectivity index (χ1v) is 7.64. The Labute approximate surface area is 127 Å². The number of hydrogen-bond donors (Lipinski definition) is 1. The molecule has 1 unspecified atom stereocenters. The Kier molecular flexibility index (Phi) is 4.13. The maximum atomic E-state index is 5.18. The lowest BCUT2D eigenvalue weighted by atomic mass is 10.1. The van der Waals surface area contributed by atoms with Gasteiger partial charge in [0.2, 0.25) is 5.88 Å². The van der Waals surface area contributed by atoms with Gasteiger partial charge in [0, 0.05) is 18.2 Å². The summed E-state index contributed by atoms with van der Waals surface area (Å²) in [4.78, 5) is 9.19. The molecule has 2 aromatic heterocycles. The van der Waals surface area contributed by atoms with E-state index in [-0.39, 0.29) is 6.04 Å². The first-order valence-electron chi connectivity index (χ1n) is 6.83. The minimum absolute atomic E-state index is 0.155. The van der Waals surface area contributed by atoms with Crippen LogP contribution in [0, 0.1) is 0 Å². The van der Waals surface area contributed by atoms with Gasteiger partial charge in [-0.25, -0.2) is 9.97 Å². The monoisotopic (exact) mass is 299 g/mol. The van der Waals surface area contributed by atoms with Gasteiger partial charge in [0.25, 0.3) is 0 Å². The van der Waals surface area contributed by atoms with Crippen LogP contribution in [-0.2, 0) is 6.42 Å². The molecule has 0 aliphatic heterocycles. The van der Waals surface area contributed by atoms with Crippen LogP contribution in [0.15, 0.2) is 42.5 Å². The van der Waals surface area contributed by atoms with E-state index in [0.717, 1.165) is 22.6 Å². The molecule has 0 saturated carbocycles. The highest BCUT2D eigenvalue weighted by Gasteiger charge is 2.16. The van der Waals surface area contributed by atoms with Gasteiger partial charge in [-0.3, -0.25) is 0 Å². The summed E-state index contributed by atoms with van der Waals surface area (Å²) >= 11 is 1.73. The van der Waals surface area contributed by atoms with Crippen LogP contribution in [0.2, 0.25) is 0 Å². The normalized spacial score (nSPS) is 12.5. The van der Waals surface area contributed by atoms with Crippen molar-refractivity contribution in [2.75, 3.05) is 14.2 Å². The van der Waals surface area contributed by atoms with Crippen molar-refractivity contribution in [1.29, 1.82) is 0 Å². The lowest BCUT2D eigenvalue weighted by Crippen LogP contribution is -2.19. The number of thiazole rings is 1. The Hall–Kier alpha value is -1.98. The number of hydrogen-bond acceptors (Lipinski definition) is 5. The molecule has 0 saturated heterocycles. The van der Waals surface area contributed by atoms with Crippen LogP contribution in [0.4, 0.5) is 0 Å². The van der Waals surface area contributed by atoms with Crippen molar-refractivity contribution < 1.29 is 4.74 Å². The number of fused-ring (bicyclic) bond motifs is 1. The zero-order valence-electron chi connectivity index (χ0n) is 12.0. The minimum Gasteiger partial charge on any atom is -0.481 e. The molecule has 3 aromatic rings. The third-order valence-corrected chi connectivity index (χ3v) is 4.51. The van der Waals surface area contributed by atoms with E-state index in [2.05, 4.69) is 16.4 Å². The highest BCUT2D eigenvalue weighted by Crippen LogP contribution is 2.28. The van der Waals surface area contributed by atoms with Crippen molar-refractivity contribution in [2.45, 2.75) is 12.5 Å². The summed E-state index contributed by atoms with van der Waals surface area (Å²) in [7, 11) is 3.59. The predicted molar refractivity (Wildman–Crippen MR) is 85.9 cm³/mol. The van der Waals surface area contributed by atoms with E-state index in [1.807, 2.05) is 43.4 Å². The summed E-state index contributed by atoms with van der Waals surface area (Å²) < 4.78 is 6.39. The number of para-hydroxylation sites is 1. The van der Waals surface area contributed by atoms with Crippen molar-refractivity contribution >= 4 is 21.6 Å². The fraction of sp³-hybridized carbons (Fsp3) is 0.250.